The Morgan fingerprint density at radius 3 is 2.59 bits per heavy atom. The van der Waals surface area contributed by atoms with Crippen LogP contribution in [0.15, 0.2) is 18.2 Å². The standard InChI is InChI=1S/C13H20ClFN2/c1-13(2,3)8-7-11(17-16)9-5-4-6-10(14)12(9)15/h4-6,11,17H,7-8,16H2,1-3H3. The molecular formula is C13H20ClFN2. The highest BCUT2D eigenvalue weighted by atomic mass is 35.5. The number of hydrogen-bond donors (Lipinski definition) is 2. The molecule has 2 nitrogen and oxygen atoms in total. The van der Waals surface area contributed by atoms with Gasteiger partial charge in [-0.1, -0.05) is 44.5 Å². The van der Waals surface area contributed by atoms with Gasteiger partial charge < -0.3 is 0 Å². The molecule has 0 amide bonds. The summed E-state index contributed by atoms with van der Waals surface area (Å²) < 4.78 is 13.8. The lowest BCUT2D eigenvalue weighted by Crippen LogP contribution is -2.29. The monoisotopic (exact) mass is 258 g/mol. The van der Waals surface area contributed by atoms with E-state index in [1.807, 2.05) is 0 Å². The predicted molar refractivity (Wildman–Crippen MR) is 70.2 cm³/mol. The van der Waals surface area contributed by atoms with E-state index in [0.717, 1.165) is 12.8 Å². The molecule has 0 aliphatic rings. The number of benzene rings is 1. The molecular weight excluding hydrogens is 239 g/mol. The smallest absolute Gasteiger partial charge is 0.146 e. The Labute approximate surface area is 107 Å². The third-order valence-corrected chi connectivity index (χ3v) is 3.03. The van der Waals surface area contributed by atoms with Crippen LogP contribution in [0.2, 0.25) is 5.02 Å². The van der Waals surface area contributed by atoms with Crippen LogP contribution in [0.3, 0.4) is 0 Å². The molecule has 0 bridgehead atoms. The summed E-state index contributed by atoms with van der Waals surface area (Å²) in [5, 5.41) is 0.138. The minimum Gasteiger partial charge on any atom is -0.271 e. The minimum absolute atomic E-state index is 0.138. The summed E-state index contributed by atoms with van der Waals surface area (Å²) in [6.07, 6.45) is 1.73. The molecule has 0 fully saturated rings. The average molecular weight is 259 g/mol. The zero-order chi connectivity index (χ0) is 13.1. The summed E-state index contributed by atoms with van der Waals surface area (Å²) in [7, 11) is 0. The van der Waals surface area contributed by atoms with Gasteiger partial charge in [-0.05, 0) is 24.3 Å². The number of nitrogens with two attached hydrogens (primary N) is 1. The van der Waals surface area contributed by atoms with Gasteiger partial charge in [0.1, 0.15) is 5.82 Å². The maximum Gasteiger partial charge on any atom is 0.146 e. The summed E-state index contributed by atoms with van der Waals surface area (Å²) >= 11 is 5.76. The average Bonchev–Trinajstić information content (AvgIpc) is 2.23. The molecule has 0 radical (unpaired) electrons. The van der Waals surface area contributed by atoms with Crippen molar-refractivity contribution < 1.29 is 4.39 Å². The van der Waals surface area contributed by atoms with Crippen LogP contribution in [0.1, 0.15) is 45.2 Å². The molecule has 4 heteroatoms. The molecule has 1 atom stereocenters. The van der Waals surface area contributed by atoms with E-state index in [-0.39, 0.29) is 22.3 Å². The summed E-state index contributed by atoms with van der Waals surface area (Å²) in [6.45, 7) is 6.44. The molecule has 3 N–H and O–H groups in total. The Kier molecular flexibility index (Phi) is 4.92. The number of halogens is 2. The topological polar surface area (TPSA) is 38.0 Å². The maximum atomic E-state index is 13.8. The van der Waals surface area contributed by atoms with E-state index in [1.54, 1.807) is 12.1 Å². The lowest BCUT2D eigenvalue weighted by atomic mass is 9.87. The van der Waals surface area contributed by atoms with Gasteiger partial charge in [-0.3, -0.25) is 11.3 Å². The van der Waals surface area contributed by atoms with Crippen LogP contribution in [0, 0.1) is 11.2 Å². The van der Waals surface area contributed by atoms with Gasteiger partial charge in [0.15, 0.2) is 0 Å². The van der Waals surface area contributed by atoms with Gasteiger partial charge in [0.2, 0.25) is 0 Å². The highest BCUT2D eigenvalue weighted by Gasteiger charge is 2.19. The van der Waals surface area contributed by atoms with Gasteiger partial charge in [0.05, 0.1) is 5.02 Å². The largest absolute Gasteiger partial charge is 0.271 e. The van der Waals surface area contributed by atoms with Crippen molar-refractivity contribution in [3.05, 3.63) is 34.6 Å². The Morgan fingerprint density at radius 2 is 2.06 bits per heavy atom. The Balaban J connectivity index is 2.83. The fourth-order valence-corrected chi connectivity index (χ4v) is 1.88. The van der Waals surface area contributed by atoms with Crippen molar-refractivity contribution in [1.29, 1.82) is 0 Å². The van der Waals surface area contributed by atoms with Gasteiger partial charge in [-0.25, -0.2) is 4.39 Å². The van der Waals surface area contributed by atoms with Crippen molar-refractivity contribution in [3.8, 4) is 0 Å². The van der Waals surface area contributed by atoms with Gasteiger partial charge in [0.25, 0.3) is 0 Å². The van der Waals surface area contributed by atoms with Crippen LogP contribution in [0.4, 0.5) is 4.39 Å². The van der Waals surface area contributed by atoms with E-state index >= 15 is 0 Å². The summed E-state index contributed by atoms with van der Waals surface area (Å²) in [5.41, 5.74) is 3.39. The van der Waals surface area contributed by atoms with Crippen LogP contribution >= 0.6 is 11.6 Å². The number of hydrogen-bond acceptors (Lipinski definition) is 2. The van der Waals surface area contributed by atoms with E-state index < -0.39 is 0 Å². The van der Waals surface area contributed by atoms with Crippen LogP contribution in [0.5, 0.6) is 0 Å². The van der Waals surface area contributed by atoms with E-state index in [0.29, 0.717) is 5.56 Å². The normalized spacial score (nSPS) is 13.8. The first-order chi connectivity index (χ1) is 7.85. The van der Waals surface area contributed by atoms with Crippen molar-refractivity contribution >= 4 is 11.6 Å². The van der Waals surface area contributed by atoms with Crippen molar-refractivity contribution in [2.24, 2.45) is 11.3 Å². The van der Waals surface area contributed by atoms with Crippen LogP contribution in [-0.2, 0) is 0 Å². The van der Waals surface area contributed by atoms with Crippen LogP contribution in [0.25, 0.3) is 0 Å². The van der Waals surface area contributed by atoms with Crippen LogP contribution in [-0.4, -0.2) is 0 Å². The molecule has 0 aliphatic heterocycles. The molecule has 0 spiro atoms. The lowest BCUT2D eigenvalue weighted by molar-refractivity contribution is 0.330. The molecule has 1 rings (SSSR count). The Hall–Kier alpha value is -0.640. The fourth-order valence-electron chi connectivity index (χ4n) is 1.70. The quantitative estimate of drug-likeness (QED) is 0.637. The third kappa shape index (κ3) is 4.26. The molecule has 17 heavy (non-hydrogen) atoms. The molecule has 1 unspecified atom stereocenters. The van der Waals surface area contributed by atoms with Gasteiger partial charge in [0, 0.05) is 11.6 Å². The van der Waals surface area contributed by atoms with E-state index in [9.17, 15) is 4.39 Å². The third-order valence-electron chi connectivity index (χ3n) is 2.74. The number of hydrazine groups is 1. The molecule has 1 aromatic rings. The second-order valence-electron chi connectivity index (χ2n) is 5.46. The molecule has 96 valence electrons. The van der Waals surface area contributed by atoms with Gasteiger partial charge >= 0.3 is 0 Å². The first kappa shape index (κ1) is 14.4. The number of nitrogens with one attached hydrogen (secondary N) is 1. The second-order valence-corrected chi connectivity index (χ2v) is 5.87. The molecule has 0 aromatic heterocycles. The highest BCUT2D eigenvalue weighted by Crippen LogP contribution is 2.30. The van der Waals surface area contributed by atoms with E-state index in [4.69, 9.17) is 17.4 Å². The lowest BCUT2D eigenvalue weighted by Gasteiger charge is -2.23. The first-order valence-corrected chi connectivity index (χ1v) is 6.13. The first-order valence-electron chi connectivity index (χ1n) is 5.75. The van der Waals surface area contributed by atoms with Crippen molar-refractivity contribution in [2.75, 3.05) is 0 Å². The maximum absolute atomic E-state index is 13.8. The predicted octanol–water partition coefficient (Wildman–Crippen LogP) is 3.81. The van der Waals surface area contributed by atoms with Crippen LogP contribution < -0.4 is 11.3 Å². The SMILES string of the molecule is CC(C)(C)CCC(NN)c1cccc(Cl)c1F. The zero-order valence-corrected chi connectivity index (χ0v) is 11.3. The zero-order valence-electron chi connectivity index (χ0n) is 10.6. The molecule has 0 saturated heterocycles. The van der Waals surface area contributed by atoms with Crippen molar-refractivity contribution in [3.63, 3.8) is 0 Å². The molecule has 0 aliphatic carbocycles. The highest BCUT2D eigenvalue weighted by molar-refractivity contribution is 6.30. The Morgan fingerprint density at radius 1 is 1.41 bits per heavy atom. The van der Waals surface area contributed by atoms with Crippen molar-refractivity contribution in [2.45, 2.75) is 39.7 Å². The van der Waals surface area contributed by atoms with Gasteiger partial charge in [-0.2, -0.15) is 0 Å². The number of rotatable bonds is 4. The molecule has 0 saturated carbocycles. The van der Waals surface area contributed by atoms with E-state index in [1.165, 1.54) is 6.07 Å². The van der Waals surface area contributed by atoms with E-state index in [2.05, 4.69) is 26.2 Å². The Bertz CT molecular complexity index is 374. The van der Waals surface area contributed by atoms with Gasteiger partial charge in [-0.15, -0.1) is 0 Å². The molecule has 0 heterocycles. The second kappa shape index (κ2) is 5.80. The fraction of sp³-hybridized carbons (Fsp3) is 0.538. The molecule has 1 aromatic carbocycles. The summed E-state index contributed by atoms with van der Waals surface area (Å²) in [5.74, 6) is 5.11. The summed E-state index contributed by atoms with van der Waals surface area (Å²) in [4.78, 5) is 0. The summed E-state index contributed by atoms with van der Waals surface area (Å²) in [6, 6.07) is 4.79. The van der Waals surface area contributed by atoms with Crippen molar-refractivity contribution in [1.82, 2.24) is 5.43 Å². The minimum atomic E-state index is -0.383.